The zero-order valence-electron chi connectivity index (χ0n) is 9.67. The Labute approximate surface area is 117 Å². The molecule has 0 aliphatic rings. The van der Waals surface area contributed by atoms with Crippen molar-refractivity contribution in [3.8, 4) is 0 Å². The van der Waals surface area contributed by atoms with E-state index in [1.54, 1.807) is 17.5 Å². The summed E-state index contributed by atoms with van der Waals surface area (Å²) < 4.78 is 2.73. The molecule has 0 aliphatic heterocycles. The Morgan fingerprint density at radius 1 is 1.50 bits per heavy atom. The van der Waals surface area contributed by atoms with Crippen LogP contribution in [0.3, 0.4) is 0 Å². The van der Waals surface area contributed by atoms with Crippen molar-refractivity contribution >= 4 is 38.7 Å². The first-order valence-electron chi connectivity index (χ1n) is 5.53. The number of fused-ring (bicyclic) bond motifs is 1. The van der Waals surface area contributed by atoms with E-state index < -0.39 is 0 Å². The van der Waals surface area contributed by atoms with Crippen molar-refractivity contribution in [3.63, 3.8) is 0 Å². The summed E-state index contributed by atoms with van der Waals surface area (Å²) in [7, 11) is 0. The minimum Gasteiger partial charge on any atom is -0.360 e. The molecule has 3 aromatic heterocycles. The molecule has 0 fully saturated rings. The molecule has 18 heavy (non-hydrogen) atoms. The third kappa shape index (κ3) is 2.13. The summed E-state index contributed by atoms with van der Waals surface area (Å²) in [5.41, 5.74) is 0.835. The van der Waals surface area contributed by atoms with Crippen molar-refractivity contribution in [1.82, 2.24) is 14.4 Å². The normalized spacial score (nSPS) is 12.8. The quantitative estimate of drug-likeness (QED) is 0.799. The molecule has 1 unspecified atom stereocenters. The van der Waals surface area contributed by atoms with E-state index in [9.17, 15) is 0 Å². The highest BCUT2D eigenvalue weighted by Crippen LogP contribution is 2.25. The van der Waals surface area contributed by atoms with Crippen LogP contribution >= 0.6 is 27.3 Å². The van der Waals surface area contributed by atoms with Gasteiger partial charge in [-0.15, -0.1) is 11.3 Å². The fourth-order valence-electron chi connectivity index (χ4n) is 1.81. The maximum atomic E-state index is 4.45. The van der Waals surface area contributed by atoms with Gasteiger partial charge in [-0.25, -0.2) is 9.97 Å². The molecule has 3 rings (SSSR count). The number of nitrogens with one attached hydrogen (secondary N) is 1. The van der Waals surface area contributed by atoms with Crippen LogP contribution in [-0.2, 0) is 0 Å². The van der Waals surface area contributed by atoms with Crippen LogP contribution in [-0.4, -0.2) is 14.4 Å². The topological polar surface area (TPSA) is 42.2 Å². The summed E-state index contributed by atoms with van der Waals surface area (Å²) in [4.78, 5) is 10.0. The molecule has 1 atom stereocenters. The first-order chi connectivity index (χ1) is 8.74. The number of rotatable bonds is 3. The molecule has 0 spiro atoms. The highest BCUT2D eigenvalue weighted by Gasteiger charge is 2.11. The summed E-state index contributed by atoms with van der Waals surface area (Å²) >= 11 is 5.14. The molecule has 6 heteroatoms. The van der Waals surface area contributed by atoms with Gasteiger partial charge in [-0.1, -0.05) is 6.07 Å². The van der Waals surface area contributed by atoms with Gasteiger partial charge in [0.05, 0.1) is 6.04 Å². The Hall–Kier alpha value is -1.40. The number of nitrogens with zero attached hydrogens (tertiary/aromatic N) is 3. The average molecular weight is 323 g/mol. The number of aromatic nitrogens is 3. The highest BCUT2D eigenvalue weighted by molar-refractivity contribution is 9.10. The van der Waals surface area contributed by atoms with E-state index in [1.165, 1.54) is 4.88 Å². The standard InChI is InChI=1S/C12H11BrN4S/c1-8(9-3-2-6-18-9)15-11-12-14-4-5-17(12)7-10(13)16-11/h2-8H,1H3,(H,15,16). The maximum absolute atomic E-state index is 4.45. The molecule has 92 valence electrons. The van der Waals surface area contributed by atoms with Crippen molar-refractivity contribution in [3.05, 3.63) is 45.6 Å². The molecular formula is C12H11BrN4S. The molecule has 0 radical (unpaired) electrons. The van der Waals surface area contributed by atoms with Gasteiger partial charge in [-0.2, -0.15) is 0 Å². The van der Waals surface area contributed by atoms with Gasteiger partial charge in [0.15, 0.2) is 11.5 Å². The summed E-state index contributed by atoms with van der Waals surface area (Å²) in [5, 5.41) is 5.48. The first-order valence-corrected chi connectivity index (χ1v) is 7.20. The van der Waals surface area contributed by atoms with E-state index in [1.807, 2.05) is 16.8 Å². The van der Waals surface area contributed by atoms with Gasteiger partial charge in [0.2, 0.25) is 0 Å². The Kier molecular flexibility index (Phi) is 3.05. The second-order valence-electron chi connectivity index (χ2n) is 3.95. The van der Waals surface area contributed by atoms with Crippen LogP contribution in [0.5, 0.6) is 0 Å². The van der Waals surface area contributed by atoms with E-state index in [2.05, 4.69) is 55.7 Å². The zero-order chi connectivity index (χ0) is 12.5. The van der Waals surface area contributed by atoms with Crippen LogP contribution in [0, 0.1) is 0 Å². The number of hydrogen-bond donors (Lipinski definition) is 1. The summed E-state index contributed by atoms with van der Waals surface area (Å²) in [6, 6.07) is 4.38. The van der Waals surface area contributed by atoms with Crippen LogP contribution in [0.2, 0.25) is 0 Å². The van der Waals surface area contributed by atoms with Gasteiger partial charge in [0.25, 0.3) is 0 Å². The second kappa shape index (κ2) is 4.70. The van der Waals surface area contributed by atoms with Crippen LogP contribution in [0.4, 0.5) is 5.82 Å². The average Bonchev–Trinajstić information content (AvgIpc) is 2.98. The second-order valence-corrected chi connectivity index (χ2v) is 5.74. The van der Waals surface area contributed by atoms with E-state index in [4.69, 9.17) is 0 Å². The third-order valence-electron chi connectivity index (χ3n) is 2.67. The lowest BCUT2D eigenvalue weighted by Crippen LogP contribution is -2.08. The summed E-state index contributed by atoms with van der Waals surface area (Å²) in [5.74, 6) is 0.787. The molecule has 1 N–H and O–H groups in total. The van der Waals surface area contributed by atoms with E-state index >= 15 is 0 Å². The van der Waals surface area contributed by atoms with Crippen molar-refractivity contribution in [1.29, 1.82) is 0 Å². The number of hydrogen-bond acceptors (Lipinski definition) is 4. The lowest BCUT2D eigenvalue weighted by Gasteiger charge is -2.13. The van der Waals surface area contributed by atoms with Crippen LogP contribution < -0.4 is 5.32 Å². The number of anilines is 1. The van der Waals surface area contributed by atoms with Gasteiger partial charge in [0.1, 0.15) is 4.60 Å². The first kappa shape index (κ1) is 11.7. The van der Waals surface area contributed by atoms with E-state index in [0.29, 0.717) is 0 Å². The van der Waals surface area contributed by atoms with Crippen molar-refractivity contribution in [2.24, 2.45) is 0 Å². The largest absolute Gasteiger partial charge is 0.360 e. The fourth-order valence-corrected chi connectivity index (χ4v) is 2.94. The molecule has 0 aliphatic carbocycles. The Morgan fingerprint density at radius 3 is 3.17 bits per heavy atom. The lowest BCUT2D eigenvalue weighted by molar-refractivity contribution is 0.891. The smallest absolute Gasteiger partial charge is 0.180 e. The van der Waals surface area contributed by atoms with Crippen molar-refractivity contribution in [2.45, 2.75) is 13.0 Å². The molecule has 0 aromatic carbocycles. The number of thiophene rings is 1. The molecule has 0 saturated heterocycles. The SMILES string of the molecule is CC(Nc1nc(Br)cn2ccnc12)c1cccs1. The minimum absolute atomic E-state index is 0.215. The minimum atomic E-state index is 0.215. The maximum Gasteiger partial charge on any atom is 0.180 e. The highest BCUT2D eigenvalue weighted by atomic mass is 79.9. The van der Waals surface area contributed by atoms with Gasteiger partial charge in [-0.05, 0) is 34.3 Å². The third-order valence-corrected chi connectivity index (χ3v) is 4.10. The Balaban J connectivity index is 1.97. The summed E-state index contributed by atoms with van der Waals surface area (Å²) in [6.45, 7) is 2.12. The zero-order valence-corrected chi connectivity index (χ0v) is 12.1. The molecule has 0 amide bonds. The van der Waals surface area contributed by atoms with E-state index in [-0.39, 0.29) is 6.04 Å². The van der Waals surface area contributed by atoms with Gasteiger partial charge < -0.3 is 9.72 Å². The van der Waals surface area contributed by atoms with Gasteiger partial charge in [0, 0.05) is 23.5 Å². The predicted octanol–water partition coefficient (Wildman–Crippen LogP) is 3.73. The molecule has 0 saturated carbocycles. The summed E-state index contributed by atoms with van der Waals surface area (Å²) in [6.07, 6.45) is 5.57. The number of imidazole rings is 1. The predicted molar refractivity (Wildman–Crippen MR) is 77.0 cm³/mol. The van der Waals surface area contributed by atoms with Crippen LogP contribution in [0.1, 0.15) is 17.8 Å². The number of halogens is 1. The van der Waals surface area contributed by atoms with Crippen LogP contribution in [0.25, 0.3) is 5.65 Å². The molecular weight excluding hydrogens is 312 g/mol. The fraction of sp³-hybridized carbons (Fsp3) is 0.167. The molecule has 0 bridgehead atoms. The Morgan fingerprint density at radius 2 is 2.39 bits per heavy atom. The molecule has 4 nitrogen and oxygen atoms in total. The van der Waals surface area contributed by atoms with Gasteiger partial charge in [-0.3, -0.25) is 0 Å². The monoisotopic (exact) mass is 322 g/mol. The van der Waals surface area contributed by atoms with E-state index in [0.717, 1.165) is 16.1 Å². The van der Waals surface area contributed by atoms with Crippen molar-refractivity contribution < 1.29 is 0 Å². The Bertz CT molecular complexity index is 662. The molecule has 3 heterocycles. The van der Waals surface area contributed by atoms with Crippen molar-refractivity contribution in [2.75, 3.05) is 5.32 Å². The lowest BCUT2D eigenvalue weighted by atomic mass is 10.3. The van der Waals surface area contributed by atoms with Gasteiger partial charge >= 0.3 is 0 Å². The van der Waals surface area contributed by atoms with Crippen LogP contribution in [0.15, 0.2) is 40.7 Å². The molecule has 3 aromatic rings.